The Hall–Kier alpha value is -1.14. The Morgan fingerprint density at radius 2 is 2.00 bits per heavy atom. The van der Waals surface area contributed by atoms with E-state index in [9.17, 15) is 9.59 Å². The SMILES string of the molecule is CCC(C)C(N)C(=O)NCC(=O)N1CCOCC1. The van der Waals surface area contributed by atoms with E-state index in [1.54, 1.807) is 4.90 Å². The van der Waals surface area contributed by atoms with Gasteiger partial charge >= 0.3 is 0 Å². The molecule has 0 bridgehead atoms. The van der Waals surface area contributed by atoms with Gasteiger partial charge < -0.3 is 20.7 Å². The van der Waals surface area contributed by atoms with Crippen LogP contribution in [-0.4, -0.2) is 55.6 Å². The first kappa shape index (κ1) is 14.9. The first-order valence-corrected chi connectivity index (χ1v) is 6.45. The van der Waals surface area contributed by atoms with Gasteiger partial charge in [-0.05, 0) is 5.92 Å². The average Bonchev–Trinajstić information content (AvgIpc) is 2.43. The second-order valence-electron chi connectivity index (χ2n) is 4.62. The number of morpholine rings is 1. The van der Waals surface area contributed by atoms with E-state index in [1.807, 2.05) is 13.8 Å². The normalized spacial score (nSPS) is 19.2. The quantitative estimate of drug-likeness (QED) is 0.684. The van der Waals surface area contributed by atoms with E-state index >= 15 is 0 Å². The molecular weight excluding hydrogens is 234 g/mol. The third-order valence-corrected chi connectivity index (χ3v) is 3.34. The smallest absolute Gasteiger partial charge is 0.242 e. The van der Waals surface area contributed by atoms with Gasteiger partial charge in [-0.2, -0.15) is 0 Å². The molecule has 1 fully saturated rings. The summed E-state index contributed by atoms with van der Waals surface area (Å²) < 4.78 is 5.16. The van der Waals surface area contributed by atoms with E-state index in [0.717, 1.165) is 6.42 Å². The first-order chi connectivity index (χ1) is 8.56. The van der Waals surface area contributed by atoms with Crippen LogP contribution in [0.2, 0.25) is 0 Å². The van der Waals surface area contributed by atoms with Crippen LogP contribution in [-0.2, 0) is 14.3 Å². The zero-order chi connectivity index (χ0) is 13.5. The molecule has 2 unspecified atom stereocenters. The molecule has 1 aliphatic rings. The molecule has 6 heteroatoms. The molecule has 6 nitrogen and oxygen atoms in total. The van der Waals surface area contributed by atoms with Crippen molar-refractivity contribution in [2.24, 2.45) is 11.7 Å². The van der Waals surface area contributed by atoms with Gasteiger partial charge in [0, 0.05) is 13.1 Å². The van der Waals surface area contributed by atoms with E-state index in [1.165, 1.54) is 0 Å². The summed E-state index contributed by atoms with van der Waals surface area (Å²) in [4.78, 5) is 25.2. The first-order valence-electron chi connectivity index (χ1n) is 6.45. The number of carbonyl (C=O) groups is 2. The summed E-state index contributed by atoms with van der Waals surface area (Å²) in [7, 11) is 0. The zero-order valence-electron chi connectivity index (χ0n) is 11.1. The van der Waals surface area contributed by atoms with Gasteiger partial charge in [-0.25, -0.2) is 0 Å². The summed E-state index contributed by atoms with van der Waals surface area (Å²) in [6.07, 6.45) is 0.839. The fraction of sp³-hybridized carbons (Fsp3) is 0.833. The average molecular weight is 257 g/mol. The van der Waals surface area contributed by atoms with Gasteiger partial charge in [0.05, 0.1) is 25.8 Å². The molecule has 1 saturated heterocycles. The molecule has 2 atom stereocenters. The predicted molar refractivity (Wildman–Crippen MR) is 67.8 cm³/mol. The maximum Gasteiger partial charge on any atom is 0.242 e. The van der Waals surface area contributed by atoms with Crippen LogP contribution in [0.3, 0.4) is 0 Å². The highest BCUT2D eigenvalue weighted by Gasteiger charge is 2.21. The Balaban J connectivity index is 2.31. The number of rotatable bonds is 5. The highest BCUT2D eigenvalue weighted by atomic mass is 16.5. The van der Waals surface area contributed by atoms with E-state index in [0.29, 0.717) is 26.3 Å². The minimum Gasteiger partial charge on any atom is -0.378 e. The molecule has 0 radical (unpaired) electrons. The maximum absolute atomic E-state index is 11.8. The third kappa shape index (κ3) is 4.27. The predicted octanol–water partition coefficient (Wildman–Crippen LogP) is -0.665. The Bertz CT molecular complexity index is 276. The van der Waals surface area contributed by atoms with Crippen LogP contribution in [0.15, 0.2) is 0 Å². The van der Waals surface area contributed by atoms with Crippen molar-refractivity contribution in [3.05, 3.63) is 0 Å². The molecule has 0 aromatic carbocycles. The molecule has 1 heterocycles. The van der Waals surface area contributed by atoms with Crippen LogP contribution in [0.25, 0.3) is 0 Å². The van der Waals surface area contributed by atoms with Crippen LogP contribution < -0.4 is 11.1 Å². The van der Waals surface area contributed by atoms with Crippen LogP contribution >= 0.6 is 0 Å². The van der Waals surface area contributed by atoms with Crippen molar-refractivity contribution < 1.29 is 14.3 Å². The van der Waals surface area contributed by atoms with E-state index in [4.69, 9.17) is 10.5 Å². The molecule has 0 aromatic heterocycles. The molecule has 1 rings (SSSR count). The Kier molecular flexibility index (Phi) is 6.07. The minimum atomic E-state index is -0.549. The minimum absolute atomic E-state index is 0.0168. The van der Waals surface area contributed by atoms with Crippen LogP contribution in [0.4, 0.5) is 0 Å². The lowest BCUT2D eigenvalue weighted by Crippen LogP contribution is -2.50. The van der Waals surface area contributed by atoms with Gasteiger partial charge in [-0.1, -0.05) is 20.3 Å². The summed E-state index contributed by atoms with van der Waals surface area (Å²) in [5.74, 6) is -0.225. The molecule has 1 aliphatic heterocycles. The van der Waals surface area contributed by atoms with E-state index in [-0.39, 0.29) is 24.3 Å². The molecule has 3 N–H and O–H groups in total. The fourth-order valence-electron chi connectivity index (χ4n) is 1.72. The van der Waals surface area contributed by atoms with Crippen molar-refractivity contribution >= 4 is 11.8 Å². The topological polar surface area (TPSA) is 84.7 Å². The van der Waals surface area contributed by atoms with Gasteiger partial charge in [0.25, 0.3) is 0 Å². The van der Waals surface area contributed by atoms with E-state index < -0.39 is 6.04 Å². The number of amides is 2. The Morgan fingerprint density at radius 1 is 1.39 bits per heavy atom. The van der Waals surface area contributed by atoms with Gasteiger partial charge in [-0.15, -0.1) is 0 Å². The third-order valence-electron chi connectivity index (χ3n) is 3.34. The van der Waals surface area contributed by atoms with Crippen molar-refractivity contribution in [2.45, 2.75) is 26.3 Å². The molecule has 18 heavy (non-hydrogen) atoms. The molecule has 0 saturated carbocycles. The van der Waals surface area contributed by atoms with Crippen molar-refractivity contribution in [3.63, 3.8) is 0 Å². The summed E-state index contributed by atoms with van der Waals surface area (Å²) in [5, 5.41) is 2.60. The van der Waals surface area contributed by atoms with Crippen molar-refractivity contribution in [2.75, 3.05) is 32.8 Å². The molecule has 0 aromatic rings. The lowest BCUT2D eigenvalue weighted by molar-refractivity contribution is -0.136. The largest absolute Gasteiger partial charge is 0.378 e. The second kappa shape index (κ2) is 7.33. The van der Waals surface area contributed by atoms with Crippen molar-refractivity contribution in [1.82, 2.24) is 10.2 Å². The summed E-state index contributed by atoms with van der Waals surface area (Å²) in [6.45, 7) is 6.23. The summed E-state index contributed by atoms with van der Waals surface area (Å²) >= 11 is 0. The fourth-order valence-corrected chi connectivity index (χ4v) is 1.72. The number of nitrogens with two attached hydrogens (primary N) is 1. The number of hydrogen-bond acceptors (Lipinski definition) is 4. The number of hydrogen-bond donors (Lipinski definition) is 2. The highest BCUT2D eigenvalue weighted by molar-refractivity contribution is 5.87. The second-order valence-corrected chi connectivity index (χ2v) is 4.62. The van der Waals surface area contributed by atoms with Gasteiger partial charge in [-0.3, -0.25) is 9.59 Å². The molecule has 0 aliphatic carbocycles. The summed E-state index contributed by atoms with van der Waals surface area (Å²) in [5.41, 5.74) is 5.78. The number of ether oxygens (including phenoxy) is 1. The maximum atomic E-state index is 11.8. The van der Waals surface area contributed by atoms with Gasteiger partial charge in [0.15, 0.2) is 0 Å². The molecule has 2 amide bonds. The molecule has 104 valence electrons. The Labute approximate surface area is 108 Å². The van der Waals surface area contributed by atoms with Crippen LogP contribution in [0.5, 0.6) is 0 Å². The van der Waals surface area contributed by atoms with Gasteiger partial charge in [0.1, 0.15) is 0 Å². The number of carbonyl (C=O) groups excluding carboxylic acids is 2. The molecule has 0 spiro atoms. The van der Waals surface area contributed by atoms with Crippen molar-refractivity contribution in [1.29, 1.82) is 0 Å². The summed E-state index contributed by atoms with van der Waals surface area (Å²) in [6, 6.07) is -0.549. The zero-order valence-corrected chi connectivity index (χ0v) is 11.1. The number of nitrogens with one attached hydrogen (secondary N) is 1. The Morgan fingerprint density at radius 3 is 2.56 bits per heavy atom. The lowest BCUT2D eigenvalue weighted by Gasteiger charge is -2.27. The van der Waals surface area contributed by atoms with Crippen molar-refractivity contribution in [3.8, 4) is 0 Å². The van der Waals surface area contributed by atoms with Crippen LogP contribution in [0, 0.1) is 5.92 Å². The standard InChI is InChI=1S/C12H23N3O3/c1-3-9(2)11(13)12(17)14-8-10(16)15-4-6-18-7-5-15/h9,11H,3-8,13H2,1-2H3,(H,14,17). The van der Waals surface area contributed by atoms with E-state index in [2.05, 4.69) is 5.32 Å². The lowest BCUT2D eigenvalue weighted by atomic mass is 9.99. The van der Waals surface area contributed by atoms with Crippen LogP contribution in [0.1, 0.15) is 20.3 Å². The highest BCUT2D eigenvalue weighted by Crippen LogP contribution is 2.05. The molecular formula is C12H23N3O3. The van der Waals surface area contributed by atoms with Gasteiger partial charge in [0.2, 0.25) is 11.8 Å². The number of nitrogens with zero attached hydrogens (tertiary/aromatic N) is 1. The monoisotopic (exact) mass is 257 g/mol.